The molecule has 7 heteroatoms. The summed E-state index contributed by atoms with van der Waals surface area (Å²) in [7, 11) is 2.29. The molecule has 0 saturated heterocycles. The highest BCUT2D eigenvalue weighted by molar-refractivity contribution is 6.17. The number of methoxy groups -OCH3 is 2. The van der Waals surface area contributed by atoms with Crippen LogP contribution in [0.1, 0.15) is 16.7 Å². The van der Waals surface area contributed by atoms with Crippen molar-refractivity contribution in [1.82, 2.24) is 0 Å². The van der Waals surface area contributed by atoms with Gasteiger partial charge in [-0.25, -0.2) is 9.59 Å². The maximum absolute atomic E-state index is 12.5. The van der Waals surface area contributed by atoms with Crippen molar-refractivity contribution in [3.8, 4) is 0 Å². The number of benzene rings is 2. The van der Waals surface area contributed by atoms with Crippen molar-refractivity contribution in [2.24, 2.45) is 9.98 Å². The van der Waals surface area contributed by atoms with Crippen LogP contribution in [0.5, 0.6) is 0 Å². The van der Waals surface area contributed by atoms with Gasteiger partial charge in [0.15, 0.2) is 5.84 Å². The van der Waals surface area contributed by atoms with Crippen LogP contribution in [0.25, 0.3) is 0 Å². The quantitative estimate of drug-likeness (QED) is 0.612. The van der Waals surface area contributed by atoms with Gasteiger partial charge in [-0.2, -0.15) is 9.98 Å². The van der Waals surface area contributed by atoms with Gasteiger partial charge in [-0.05, 0) is 18.6 Å². The number of esters is 2. The summed E-state index contributed by atoms with van der Waals surface area (Å²) in [5, 5.41) is 0. The fourth-order valence-electron chi connectivity index (χ4n) is 2.63. The van der Waals surface area contributed by atoms with Gasteiger partial charge in [0.1, 0.15) is 0 Å². The first kappa shape index (κ1) is 18.3. The highest BCUT2D eigenvalue weighted by Gasteiger charge is 2.55. The van der Waals surface area contributed by atoms with Crippen molar-refractivity contribution in [3.05, 3.63) is 71.3 Å². The van der Waals surface area contributed by atoms with Gasteiger partial charge in [0.25, 0.3) is 0 Å². The molecule has 0 saturated carbocycles. The van der Waals surface area contributed by atoms with E-state index in [9.17, 15) is 9.59 Å². The molecule has 2 aromatic rings. The molecule has 0 fully saturated rings. The van der Waals surface area contributed by atoms with Gasteiger partial charge in [0.05, 0.1) is 14.2 Å². The molecule has 0 atom stereocenters. The number of carbonyl (C=O) groups excluding carboxylic acids is 2. The Kier molecular flexibility index (Phi) is 5.03. The molecule has 0 radical (unpaired) electrons. The summed E-state index contributed by atoms with van der Waals surface area (Å²) in [5.74, 6) is -1.75. The third kappa shape index (κ3) is 3.31. The molecule has 0 amide bonds. The number of ether oxygens (including phenoxy) is 3. The van der Waals surface area contributed by atoms with E-state index in [-0.39, 0.29) is 11.7 Å². The fourth-order valence-corrected chi connectivity index (χ4v) is 2.63. The molecule has 138 valence electrons. The van der Waals surface area contributed by atoms with E-state index in [0.29, 0.717) is 11.1 Å². The summed E-state index contributed by atoms with van der Waals surface area (Å²) in [5.41, 5.74) is -0.232. The standard InChI is InChI=1S/C20H18N2O5/c1-13-9-7-8-12-15(13)17-21-16(14-10-5-4-6-11-14)22-20(27-17,18(23)25-2)19(24)26-3/h4-12H,1-3H3. The lowest BCUT2D eigenvalue weighted by atomic mass is 10.1. The number of hydrogen-bond acceptors (Lipinski definition) is 7. The first-order valence-corrected chi connectivity index (χ1v) is 8.17. The van der Waals surface area contributed by atoms with Crippen LogP contribution in [0.2, 0.25) is 0 Å². The number of aliphatic imine (C=N–C) groups is 2. The maximum atomic E-state index is 12.5. The molecule has 1 aliphatic heterocycles. The molecule has 0 N–H and O–H groups in total. The number of rotatable bonds is 4. The van der Waals surface area contributed by atoms with Gasteiger partial charge in [0.2, 0.25) is 5.90 Å². The van der Waals surface area contributed by atoms with Gasteiger partial charge in [-0.15, -0.1) is 0 Å². The topological polar surface area (TPSA) is 86.6 Å². The van der Waals surface area contributed by atoms with Gasteiger partial charge >= 0.3 is 17.7 Å². The lowest BCUT2D eigenvalue weighted by Crippen LogP contribution is -2.52. The molecule has 27 heavy (non-hydrogen) atoms. The zero-order chi connectivity index (χ0) is 19.4. The third-order valence-corrected chi connectivity index (χ3v) is 4.05. The van der Waals surface area contributed by atoms with E-state index in [1.165, 1.54) is 0 Å². The number of amidine groups is 1. The summed E-state index contributed by atoms with van der Waals surface area (Å²) < 4.78 is 15.3. The van der Waals surface area contributed by atoms with Crippen LogP contribution in [-0.2, 0) is 23.8 Å². The molecule has 0 bridgehead atoms. The number of carbonyl (C=O) groups is 2. The number of nitrogens with zero attached hydrogens (tertiary/aromatic N) is 2. The molecule has 0 aromatic heterocycles. The molecule has 0 aliphatic carbocycles. The minimum atomic E-state index is -2.33. The van der Waals surface area contributed by atoms with Crippen molar-refractivity contribution >= 4 is 23.7 Å². The van der Waals surface area contributed by atoms with E-state index in [1.807, 2.05) is 25.1 Å². The third-order valence-electron chi connectivity index (χ3n) is 4.05. The van der Waals surface area contributed by atoms with E-state index in [2.05, 4.69) is 9.98 Å². The SMILES string of the molecule is COC(=O)C1(C(=O)OC)N=C(c2ccccc2)N=C(c2ccccc2C)O1. The van der Waals surface area contributed by atoms with E-state index in [0.717, 1.165) is 19.8 Å². The van der Waals surface area contributed by atoms with Crippen LogP contribution in [0.3, 0.4) is 0 Å². The highest BCUT2D eigenvalue weighted by atomic mass is 16.6. The second-order valence-electron chi connectivity index (χ2n) is 5.76. The zero-order valence-corrected chi connectivity index (χ0v) is 15.1. The van der Waals surface area contributed by atoms with Gasteiger partial charge < -0.3 is 14.2 Å². The lowest BCUT2D eigenvalue weighted by molar-refractivity contribution is -0.177. The smallest absolute Gasteiger partial charge is 0.401 e. The zero-order valence-electron chi connectivity index (χ0n) is 15.1. The second kappa shape index (κ2) is 7.41. The summed E-state index contributed by atoms with van der Waals surface area (Å²) in [6.07, 6.45) is 0. The second-order valence-corrected chi connectivity index (χ2v) is 5.76. The highest BCUT2D eigenvalue weighted by Crippen LogP contribution is 2.27. The van der Waals surface area contributed by atoms with Gasteiger partial charge in [-0.3, -0.25) is 0 Å². The Morgan fingerprint density at radius 2 is 1.52 bits per heavy atom. The summed E-state index contributed by atoms with van der Waals surface area (Å²) >= 11 is 0. The average molecular weight is 366 g/mol. The summed E-state index contributed by atoms with van der Waals surface area (Å²) in [4.78, 5) is 33.7. The van der Waals surface area contributed by atoms with Crippen molar-refractivity contribution in [2.75, 3.05) is 14.2 Å². The van der Waals surface area contributed by atoms with Crippen molar-refractivity contribution < 1.29 is 23.8 Å². The molecule has 3 rings (SSSR count). The predicted molar refractivity (Wildman–Crippen MR) is 98.5 cm³/mol. The molecule has 2 aromatic carbocycles. The van der Waals surface area contributed by atoms with Crippen LogP contribution in [0, 0.1) is 6.92 Å². The van der Waals surface area contributed by atoms with Crippen molar-refractivity contribution in [1.29, 1.82) is 0 Å². The first-order chi connectivity index (χ1) is 13.0. The molecule has 0 spiro atoms. The fraction of sp³-hybridized carbons (Fsp3) is 0.200. The Morgan fingerprint density at radius 3 is 2.11 bits per heavy atom. The van der Waals surface area contributed by atoms with Crippen molar-refractivity contribution in [3.63, 3.8) is 0 Å². The molecule has 1 aliphatic rings. The van der Waals surface area contributed by atoms with Crippen LogP contribution in [0.15, 0.2) is 64.6 Å². The molecule has 1 heterocycles. The summed E-state index contributed by atoms with van der Waals surface area (Å²) in [6.45, 7) is 1.87. The van der Waals surface area contributed by atoms with E-state index < -0.39 is 17.7 Å². The Labute approximate surface area is 156 Å². The number of aryl methyl sites for hydroxylation is 1. The monoisotopic (exact) mass is 366 g/mol. The molecule has 0 unspecified atom stereocenters. The van der Waals surface area contributed by atoms with E-state index >= 15 is 0 Å². The normalized spacial score (nSPS) is 15.1. The van der Waals surface area contributed by atoms with Crippen LogP contribution < -0.4 is 0 Å². The molecule has 7 nitrogen and oxygen atoms in total. The Bertz CT molecular complexity index is 918. The van der Waals surface area contributed by atoms with Gasteiger partial charge in [0, 0.05) is 11.1 Å². The largest absolute Gasteiger partial charge is 0.464 e. The van der Waals surface area contributed by atoms with Gasteiger partial charge in [-0.1, -0.05) is 48.5 Å². The summed E-state index contributed by atoms with van der Waals surface area (Å²) in [6, 6.07) is 16.3. The Hall–Kier alpha value is -3.48. The average Bonchev–Trinajstić information content (AvgIpc) is 2.73. The van der Waals surface area contributed by atoms with Crippen LogP contribution >= 0.6 is 0 Å². The minimum Gasteiger partial charge on any atom is -0.464 e. The van der Waals surface area contributed by atoms with Crippen LogP contribution in [0.4, 0.5) is 0 Å². The number of hydrogen-bond donors (Lipinski definition) is 0. The first-order valence-electron chi connectivity index (χ1n) is 8.17. The Balaban J connectivity index is 2.24. The minimum absolute atomic E-state index is 0.0813. The molecular formula is C20H18N2O5. The van der Waals surface area contributed by atoms with E-state index in [4.69, 9.17) is 14.2 Å². The van der Waals surface area contributed by atoms with Crippen molar-refractivity contribution in [2.45, 2.75) is 12.6 Å². The van der Waals surface area contributed by atoms with E-state index in [1.54, 1.807) is 36.4 Å². The maximum Gasteiger partial charge on any atom is 0.401 e. The van der Waals surface area contributed by atoms with Crippen LogP contribution in [-0.4, -0.2) is 43.6 Å². The lowest BCUT2D eigenvalue weighted by Gasteiger charge is -2.29. The Morgan fingerprint density at radius 1 is 0.926 bits per heavy atom. The predicted octanol–water partition coefficient (Wildman–Crippen LogP) is 2.26. The molecular weight excluding hydrogens is 348 g/mol.